The maximum absolute atomic E-state index is 11.6. The third-order valence-corrected chi connectivity index (χ3v) is 3.33. The molecule has 1 aliphatic rings. The first-order valence-electron chi connectivity index (χ1n) is 5.83. The number of anilines is 1. The first-order chi connectivity index (χ1) is 8.65. The molecule has 5 nitrogen and oxygen atoms in total. The number of rotatable bonds is 1. The smallest absolute Gasteiger partial charge is 0.264 e. The standard InChI is InChI=1S/C13H13N3O2/c1-16-11-4-2-8(10-7-12(17)15-14-10)6-9(11)3-5-13(16)18/h2,4,6-7H,3,5H2,1H3,(H2,14,15,17). The number of hydrogen-bond acceptors (Lipinski definition) is 2. The maximum Gasteiger partial charge on any atom is 0.264 e. The molecule has 2 N–H and O–H groups in total. The van der Waals surface area contributed by atoms with Crippen molar-refractivity contribution in [2.24, 2.45) is 0 Å². The van der Waals surface area contributed by atoms with E-state index in [0.29, 0.717) is 6.42 Å². The van der Waals surface area contributed by atoms with Crippen LogP contribution in [0.1, 0.15) is 12.0 Å². The van der Waals surface area contributed by atoms with Gasteiger partial charge >= 0.3 is 0 Å². The van der Waals surface area contributed by atoms with Crippen LogP contribution in [0, 0.1) is 0 Å². The first kappa shape index (κ1) is 10.8. The highest BCUT2D eigenvalue weighted by Gasteiger charge is 2.20. The lowest BCUT2D eigenvalue weighted by atomic mass is 9.98. The minimum atomic E-state index is -0.144. The molecule has 1 aliphatic heterocycles. The third kappa shape index (κ3) is 1.64. The molecule has 92 valence electrons. The molecule has 0 aliphatic carbocycles. The number of carbonyl (C=O) groups is 1. The van der Waals surface area contributed by atoms with E-state index in [9.17, 15) is 9.59 Å². The van der Waals surface area contributed by atoms with Crippen molar-refractivity contribution in [3.05, 3.63) is 40.2 Å². The van der Waals surface area contributed by atoms with Crippen LogP contribution >= 0.6 is 0 Å². The number of hydrogen-bond donors (Lipinski definition) is 2. The number of aromatic nitrogens is 2. The van der Waals surface area contributed by atoms with Gasteiger partial charge in [-0.25, -0.2) is 0 Å². The highest BCUT2D eigenvalue weighted by atomic mass is 16.2. The first-order valence-corrected chi connectivity index (χ1v) is 5.83. The second-order valence-corrected chi connectivity index (χ2v) is 4.47. The quantitative estimate of drug-likeness (QED) is 0.792. The fraction of sp³-hybridized carbons (Fsp3) is 0.231. The highest BCUT2D eigenvalue weighted by Crippen LogP contribution is 2.30. The van der Waals surface area contributed by atoms with Crippen LogP contribution in [0.2, 0.25) is 0 Å². The molecule has 2 aromatic rings. The molecule has 2 heterocycles. The molecule has 3 rings (SSSR count). The molecular formula is C13H13N3O2. The molecule has 0 radical (unpaired) electrons. The topological polar surface area (TPSA) is 69.0 Å². The largest absolute Gasteiger partial charge is 0.315 e. The molecule has 1 aromatic heterocycles. The molecule has 1 aromatic carbocycles. The van der Waals surface area contributed by atoms with Crippen LogP contribution in [0.25, 0.3) is 11.3 Å². The summed E-state index contributed by atoms with van der Waals surface area (Å²) in [5.41, 5.74) is 3.66. The van der Waals surface area contributed by atoms with Gasteiger partial charge in [0.05, 0.1) is 5.69 Å². The van der Waals surface area contributed by atoms with Gasteiger partial charge in [0, 0.05) is 30.8 Å². The molecule has 0 unspecified atom stereocenters. The van der Waals surface area contributed by atoms with Gasteiger partial charge in [-0.15, -0.1) is 0 Å². The number of fused-ring (bicyclic) bond motifs is 1. The Hall–Kier alpha value is -2.30. The summed E-state index contributed by atoms with van der Waals surface area (Å²) in [4.78, 5) is 24.4. The number of nitrogens with one attached hydrogen (secondary N) is 2. The van der Waals surface area contributed by atoms with Gasteiger partial charge in [0.15, 0.2) is 0 Å². The minimum absolute atomic E-state index is 0.144. The van der Waals surface area contributed by atoms with E-state index in [1.165, 1.54) is 6.07 Å². The zero-order chi connectivity index (χ0) is 12.7. The van der Waals surface area contributed by atoms with Crippen molar-refractivity contribution in [3.63, 3.8) is 0 Å². The summed E-state index contributed by atoms with van der Waals surface area (Å²) in [6.45, 7) is 0. The maximum atomic E-state index is 11.6. The number of aromatic amines is 2. The number of H-pyrrole nitrogens is 2. The van der Waals surface area contributed by atoms with Gasteiger partial charge in [-0.2, -0.15) is 0 Å². The van der Waals surface area contributed by atoms with E-state index < -0.39 is 0 Å². The Morgan fingerprint density at radius 2 is 1.94 bits per heavy atom. The van der Waals surface area contributed by atoms with Gasteiger partial charge in [-0.05, 0) is 24.1 Å². The second-order valence-electron chi connectivity index (χ2n) is 4.47. The fourth-order valence-corrected chi connectivity index (χ4v) is 2.31. The number of nitrogens with zero attached hydrogens (tertiary/aromatic N) is 1. The van der Waals surface area contributed by atoms with E-state index in [1.807, 2.05) is 18.2 Å². The van der Waals surface area contributed by atoms with Crippen molar-refractivity contribution in [2.75, 3.05) is 11.9 Å². The van der Waals surface area contributed by atoms with Gasteiger partial charge in [-0.1, -0.05) is 6.07 Å². The number of aryl methyl sites for hydroxylation is 1. The van der Waals surface area contributed by atoms with Gasteiger partial charge in [0.25, 0.3) is 5.56 Å². The molecule has 0 bridgehead atoms. The second kappa shape index (κ2) is 3.87. The van der Waals surface area contributed by atoms with Crippen molar-refractivity contribution in [2.45, 2.75) is 12.8 Å². The normalized spacial score (nSPS) is 14.7. The van der Waals surface area contributed by atoms with Crippen LogP contribution in [0.15, 0.2) is 29.1 Å². The Kier molecular flexibility index (Phi) is 2.33. The molecule has 0 spiro atoms. The Labute approximate surface area is 103 Å². The minimum Gasteiger partial charge on any atom is -0.315 e. The van der Waals surface area contributed by atoms with Crippen LogP contribution in [0.3, 0.4) is 0 Å². The molecule has 0 fully saturated rings. The summed E-state index contributed by atoms with van der Waals surface area (Å²) in [5, 5.41) is 5.35. The Bertz CT molecular complexity index is 669. The van der Waals surface area contributed by atoms with Crippen LogP contribution in [0.4, 0.5) is 5.69 Å². The van der Waals surface area contributed by atoms with Crippen molar-refractivity contribution in [1.29, 1.82) is 0 Å². The van der Waals surface area contributed by atoms with E-state index in [2.05, 4.69) is 10.2 Å². The number of benzene rings is 1. The van der Waals surface area contributed by atoms with Crippen LogP contribution < -0.4 is 10.5 Å². The van der Waals surface area contributed by atoms with E-state index >= 15 is 0 Å². The van der Waals surface area contributed by atoms with Crippen molar-refractivity contribution in [1.82, 2.24) is 10.2 Å². The monoisotopic (exact) mass is 243 g/mol. The molecule has 0 saturated heterocycles. The van der Waals surface area contributed by atoms with Crippen molar-refractivity contribution >= 4 is 11.6 Å². The summed E-state index contributed by atoms with van der Waals surface area (Å²) < 4.78 is 0. The third-order valence-electron chi connectivity index (χ3n) is 3.33. The van der Waals surface area contributed by atoms with Crippen LogP contribution in [0.5, 0.6) is 0 Å². The van der Waals surface area contributed by atoms with E-state index in [0.717, 1.165) is 28.9 Å². The highest BCUT2D eigenvalue weighted by molar-refractivity contribution is 5.96. The Balaban J connectivity index is 2.07. The Morgan fingerprint density at radius 3 is 2.67 bits per heavy atom. The molecule has 5 heteroatoms. The van der Waals surface area contributed by atoms with E-state index in [1.54, 1.807) is 11.9 Å². The lowest BCUT2D eigenvalue weighted by Crippen LogP contribution is -2.30. The molecular weight excluding hydrogens is 230 g/mol. The average Bonchev–Trinajstić information content (AvgIpc) is 2.80. The lowest BCUT2D eigenvalue weighted by molar-refractivity contribution is -0.118. The van der Waals surface area contributed by atoms with Gasteiger partial charge in [0.1, 0.15) is 0 Å². The van der Waals surface area contributed by atoms with Gasteiger partial charge < -0.3 is 4.90 Å². The number of amides is 1. The fourth-order valence-electron chi connectivity index (χ4n) is 2.31. The summed E-state index contributed by atoms with van der Waals surface area (Å²) in [5.74, 6) is 0.144. The predicted molar refractivity (Wildman–Crippen MR) is 68.6 cm³/mol. The van der Waals surface area contributed by atoms with Crippen LogP contribution in [-0.4, -0.2) is 23.2 Å². The SMILES string of the molecule is CN1C(=O)CCc2cc(-c3cc(=O)[nH][nH]3)ccc21. The lowest BCUT2D eigenvalue weighted by Gasteiger charge is -2.26. The molecule has 0 saturated carbocycles. The Morgan fingerprint density at radius 1 is 1.11 bits per heavy atom. The number of carbonyl (C=O) groups excluding carboxylic acids is 1. The summed E-state index contributed by atoms with van der Waals surface area (Å²) in [7, 11) is 1.79. The summed E-state index contributed by atoms with van der Waals surface area (Å²) in [6, 6.07) is 7.39. The van der Waals surface area contributed by atoms with E-state index in [4.69, 9.17) is 0 Å². The van der Waals surface area contributed by atoms with Crippen LogP contribution in [-0.2, 0) is 11.2 Å². The molecule has 0 atom stereocenters. The zero-order valence-corrected chi connectivity index (χ0v) is 9.99. The van der Waals surface area contributed by atoms with Crippen molar-refractivity contribution < 1.29 is 4.79 Å². The average molecular weight is 243 g/mol. The zero-order valence-electron chi connectivity index (χ0n) is 9.99. The molecule has 1 amide bonds. The van der Waals surface area contributed by atoms with Gasteiger partial charge in [-0.3, -0.25) is 19.8 Å². The predicted octanol–water partition coefficient (Wildman–Crippen LogP) is 1.28. The van der Waals surface area contributed by atoms with Gasteiger partial charge in [0.2, 0.25) is 5.91 Å². The summed E-state index contributed by atoms with van der Waals surface area (Å²) >= 11 is 0. The van der Waals surface area contributed by atoms with E-state index in [-0.39, 0.29) is 11.5 Å². The van der Waals surface area contributed by atoms with Crippen molar-refractivity contribution in [3.8, 4) is 11.3 Å². The molecule has 18 heavy (non-hydrogen) atoms. The summed E-state index contributed by atoms with van der Waals surface area (Å²) in [6.07, 6.45) is 1.29.